The molecule has 4 unspecified atom stereocenters. The summed E-state index contributed by atoms with van der Waals surface area (Å²) >= 11 is 0. The number of ether oxygens (including phenoxy) is 3. The van der Waals surface area contributed by atoms with Gasteiger partial charge in [-0.15, -0.1) is 0 Å². The molecule has 2 heterocycles. The first-order valence-corrected chi connectivity index (χ1v) is 19.0. The fourth-order valence-electron chi connectivity index (χ4n) is 10.9. The number of methoxy groups -OCH3 is 2. The zero-order valence-corrected chi connectivity index (χ0v) is 30.1. The van der Waals surface area contributed by atoms with Crippen molar-refractivity contribution in [2.45, 2.75) is 62.1 Å². The first-order chi connectivity index (χ1) is 25.7. The van der Waals surface area contributed by atoms with Crippen molar-refractivity contribution in [3.8, 4) is 28.4 Å². The van der Waals surface area contributed by atoms with E-state index >= 15 is 0 Å². The molecule has 4 atom stereocenters. The van der Waals surface area contributed by atoms with Gasteiger partial charge in [0, 0.05) is 40.6 Å². The van der Waals surface area contributed by atoms with Gasteiger partial charge in [-0.05, 0) is 120 Å². The molecule has 10 rings (SSSR count). The molecule has 5 aromatic carbocycles. The Labute approximate surface area is 308 Å². The molecule has 270 valence electrons. The fraction of sp³-hybridized carbons (Fsp3) is 0.348. The Balaban J connectivity index is 1.31. The number of anilines is 1. The minimum atomic E-state index is -4.43. The van der Waals surface area contributed by atoms with E-state index in [-0.39, 0.29) is 5.92 Å². The highest BCUT2D eigenvalue weighted by atomic mass is 19.4. The van der Waals surface area contributed by atoms with Gasteiger partial charge in [0.1, 0.15) is 17.2 Å². The second-order valence-electron chi connectivity index (χ2n) is 15.7. The van der Waals surface area contributed by atoms with Crippen LogP contribution in [0.2, 0.25) is 0 Å². The van der Waals surface area contributed by atoms with Crippen LogP contribution in [-0.2, 0) is 17.2 Å². The molecule has 5 aromatic rings. The minimum Gasteiger partial charge on any atom is -0.497 e. The monoisotopic (exact) mass is 713 g/mol. The van der Waals surface area contributed by atoms with Crippen LogP contribution < -0.4 is 19.1 Å². The van der Waals surface area contributed by atoms with Gasteiger partial charge in [0.2, 0.25) is 0 Å². The number of fused-ring (bicyclic) bond motifs is 13. The smallest absolute Gasteiger partial charge is 0.416 e. The van der Waals surface area contributed by atoms with Gasteiger partial charge in [0.05, 0.1) is 25.5 Å². The number of hydrogen-bond donors (Lipinski definition) is 0. The molecule has 3 fully saturated rings. The fourth-order valence-corrected chi connectivity index (χ4v) is 10.9. The molecular formula is C46H42F3NO3. The molecule has 0 aromatic heterocycles. The van der Waals surface area contributed by atoms with Crippen LogP contribution in [0.25, 0.3) is 28.0 Å². The average molecular weight is 714 g/mol. The summed E-state index contributed by atoms with van der Waals surface area (Å²) in [6, 6.07) is 27.2. The molecule has 7 heteroatoms. The van der Waals surface area contributed by atoms with Crippen LogP contribution in [0, 0.1) is 11.8 Å². The zero-order valence-electron chi connectivity index (χ0n) is 30.1. The third kappa shape index (κ3) is 4.68. The maximum Gasteiger partial charge on any atom is 0.416 e. The summed E-state index contributed by atoms with van der Waals surface area (Å²) in [6.45, 7) is 1.87. The Morgan fingerprint density at radius 2 is 1.58 bits per heavy atom. The van der Waals surface area contributed by atoms with Crippen molar-refractivity contribution in [1.82, 2.24) is 0 Å². The highest BCUT2D eigenvalue weighted by Crippen LogP contribution is 2.69. The maximum atomic E-state index is 14.5. The molecule has 1 saturated heterocycles. The van der Waals surface area contributed by atoms with Crippen molar-refractivity contribution in [2.24, 2.45) is 11.8 Å². The average Bonchev–Trinajstić information content (AvgIpc) is 3.90. The van der Waals surface area contributed by atoms with Crippen molar-refractivity contribution in [3.05, 3.63) is 124 Å². The standard InChI is InChI=1S/C46H42F3NO3/c1-51-33-16-13-30(14-17-33)45(29-9-5-3-6-10-29)20-19-35-42-41(36-25-39(50-21-7-4-8-22-50)40(52-2)26-37(36)43(35)53-45)34-18-15-32(46(47,48)49)24-38(34)44(42)27-28-11-12-31(44)23-28/h3,5-6,9-10,13-20,24-26,28,31H,4,7-8,11-12,21-23,27H2,1-2H3. The SMILES string of the molecule is COc1ccc(C2(c3ccccc3)C=Cc3c4c(c5cc(N6CCCCC6)c(OC)cc5c3O2)-c2ccc(C(F)(F)F)cc2C42CC3CCC2C3)cc1. The third-order valence-corrected chi connectivity index (χ3v) is 13.2. The van der Waals surface area contributed by atoms with Crippen molar-refractivity contribution in [2.75, 3.05) is 32.2 Å². The number of piperidine rings is 1. The summed E-state index contributed by atoms with van der Waals surface area (Å²) in [5, 5.41) is 1.91. The van der Waals surface area contributed by atoms with Gasteiger partial charge < -0.3 is 19.1 Å². The molecule has 0 amide bonds. The van der Waals surface area contributed by atoms with Crippen molar-refractivity contribution in [1.29, 1.82) is 0 Å². The van der Waals surface area contributed by atoms with Crippen LogP contribution in [-0.4, -0.2) is 27.3 Å². The Bertz CT molecular complexity index is 2290. The molecule has 0 radical (unpaired) electrons. The van der Waals surface area contributed by atoms with Gasteiger partial charge in [0.15, 0.2) is 5.60 Å². The second kappa shape index (κ2) is 11.8. The Hall–Kier alpha value is -4.91. The predicted molar refractivity (Wildman–Crippen MR) is 203 cm³/mol. The lowest BCUT2D eigenvalue weighted by Gasteiger charge is -2.41. The van der Waals surface area contributed by atoms with Gasteiger partial charge in [-0.2, -0.15) is 13.2 Å². The number of nitrogens with zero attached hydrogens (tertiary/aromatic N) is 1. The normalized spacial score (nSPS) is 25.3. The molecule has 1 spiro atoms. The van der Waals surface area contributed by atoms with Crippen LogP contribution >= 0.6 is 0 Å². The van der Waals surface area contributed by atoms with E-state index in [0.717, 1.165) is 124 Å². The highest BCUT2D eigenvalue weighted by molar-refractivity contribution is 6.10. The summed E-state index contributed by atoms with van der Waals surface area (Å²) in [7, 11) is 3.38. The lowest BCUT2D eigenvalue weighted by atomic mass is 9.65. The van der Waals surface area contributed by atoms with Gasteiger partial charge in [-0.25, -0.2) is 0 Å². The Kier molecular flexibility index (Phi) is 7.28. The molecule has 2 bridgehead atoms. The lowest BCUT2D eigenvalue weighted by Crippen LogP contribution is -2.36. The van der Waals surface area contributed by atoms with E-state index in [4.69, 9.17) is 14.2 Å². The van der Waals surface area contributed by atoms with Crippen LogP contribution in [0.15, 0.2) is 91.0 Å². The summed E-state index contributed by atoms with van der Waals surface area (Å²) in [5.74, 6) is 3.01. The van der Waals surface area contributed by atoms with Crippen LogP contribution in [0.4, 0.5) is 18.9 Å². The van der Waals surface area contributed by atoms with Gasteiger partial charge in [0.25, 0.3) is 0 Å². The summed E-state index contributed by atoms with van der Waals surface area (Å²) < 4.78 is 62.8. The van der Waals surface area contributed by atoms with Gasteiger partial charge in [-0.3, -0.25) is 0 Å². The lowest BCUT2D eigenvalue weighted by molar-refractivity contribution is -0.137. The van der Waals surface area contributed by atoms with E-state index in [1.54, 1.807) is 20.3 Å². The van der Waals surface area contributed by atoms with E-state index < -0.39 is 22.8 Å². The van der Waals surface area contributed by atoms with Crippen LogP contribution in [0.3, 0.4) is 0 Å². The first-order valence-electron chi connectivity index (χ1n) is 19.0. The van der Waals surface area contributed by atoms with E-state index in [9.17, 15) is 13.2 Å². The summed E-state index contributed by atoms with van der Waals surface area (Å²) in [4.78, 5) is 2.41. The van der Waals surface area contributed by atoms with Crippen molar-refractivity contribution in [3.63, 3.8) is 0 Å². The second-order valence-corrected chi connectivity index (χ2v) is 15.7. The summed E-state index contributed by atoms with van der Waals surface area (Å²) in [5.41, 5.74) is 5.80. The molecule has 2 aliphatic heterocycles. The van der Waals surface area contributed by atoms with Gasteiger partial charge >= 0.3 is 6.18 Å². The molecular weight excluding hydrogens is 672 g/mol. The molecule has 0 N–H and O–H groups in total. The van der Waals surface area contributed by atoms with Crippen LogP contribution in [0.1, 0.15) is 78.3 Å². The first kappa shape index (κ1) is 32.7. The highest BCUT2D eigenvalue weighted by Gasteiger charge is 2.59. The predicted octanol–water partition coefficient (Wildman–Crippen LogP) is 11.3. The number of alkyl halides is 3. The van der Waals surface area contributed by atoms with Crippen molar-refractivity contribution >= 4 is 22.5 Å². The topological polar surface area (TPSA) is 30.9 Å². The summed E-state index contributed by atoms with van der Waals surface area (Å²) in [6.07, 6.45) is 7.37. The third-order valence-electron chi connectivity index (χ3n) is 13.2. The number of halogens is 3. The maximum absolute atomic E-state index is 14.5. The van der Waals surface area contributed by atoms with Crippen molar-refractivity contribution < 1.29 is 27.4 Å². The van der Waals surface area contributed by atoms with E-state index in [0.29, 0.717) is 5.92 Å². The molecule has 5 aliphatic rings. The van der Waals surface area contributed by atoms with E-state index in [1.807, 2.05) is 30.3 Å². The quantitative estimate of drug-likeness (QED) is 0.181. The number of rotatable bonds is 5. The van der Waals surface area contributed by atoms with E-state index in [2.05, 4.69) is 53.5 Å². The molecule has 3 aliphatic carbocycles. The molecule has 53 heavy (non-hydrogen) atoms. The zero-order chi connectivity index (χ0) is 36.1. The van der Waals surface area contributed by atoms with E-state index in [1.165, 1.54) is 18.6 Å². The number of benzene rings is 5. The number of hydrogen-bond acceptors (Lipinski definition) is 4. The minimum absolute atomic E-state index is 0.258. The van der Waals surface area contributed by atoms with Crippen LogP contribution in [0.5, 0.6) is 17.2 Å². The largest absolute Gasteiger partial charge is 0.497 e. The Morgan fingerprint density at radius 1 is 0.811 bits per heavy atom. The molecule has 4 nitrogen and oxygen atoms in total. The molecule has 2 saturated carbocycles. The van der Waals surface area contributed by atoms with Gasteiger partial charge in [-0.1, -0.05) is 61.0 Å². The Morgan fingerprint density at radius 3 is 2.26 bits per heavy atom.